The molecule has 2 rings (SSSR count). The molecule has 1 N–H and O–H groups in total. The van der Waals surface area contributed by atoms with E-state index in [1.54, 1.807) is 0 Å². The lowest BCUT2D eigenvalue weighted by Crippen LogP contribution is -2.41. The number of rotatable bonds is 17. The van der Waals surface area contributed by atoms with Gasteiger partial charge in [0, 0.05) is 25.0 Å². The molecular formula is C32H49N2O2+. The van der Waals surface area contributed by atoms with Crippen LogP contribution in [-0.2, 0) is 23.2 Å². The van der Waals surface area contributed by atoms with Crippen molar-refractivity contribution in [2.75, 3.05) is 6.61 Å². The molecule has 0 saturated heterocycles. The van der Waals surface area contributed by atoms with Gasteiger partial charge in [-0.2, -0.15) is 0 Å². The molecule has 0 radical (unpaired) electrons. The molecule has 1 amide bonds. The number of pyridine rings is 1. The molecule has 1 aromatic carbocycles. The van der Waals surface area contributed by atoms with Crippen LogP contribution in [0.15, 0.2) is 55.2 Å². The summed E-state index contributed by atoms with van der Waals surface area (Å²) < 4.78 is 7.88. The summed E-state index contributed by atoms with van der Waals surface area (Å²) in [6.45, 7) is 13.9. The fourth-order valence-corrected chi connectivity index (χ4v) is 4.46. The van der Waals surface area contributed by atoms with E-state index in [9.17, 15) is 4.79 Å². The standard InChI is InChI=1S/C32H48N2O2/c1-6-7-21-30-22-14-16-24-34(30)23-15-12-10-8-9-11-13-17-25-36-31(35)33-32(4,5)29-20-18-19-28(26-29)27(2)3/h14,16,18-20,22,24,26H,2,6-13,15,17,21,23,25H2,1,3-5H3/p+1. The van der Waals surface area contributed by atoms with Gasteiger partial charge in [-0.15, -0.1) is 0 Å². The van der Waals surface area contributed by atoms with Gasteiger partial charge >= 0.3 is 6.09 Å². The van der Waals surface area contributed by atoms with Crippen molar-refractivity contribution in [1.29, 1.82) is 0 Å². The monoisotopic (exact) mass is 493 g/mol. The molecular weight excluding hydrogens is 444 g/mol. The average molecular weight is 494 g/mol. The number of alkyl carbamates (subject to hydrolysis) is 1. The third-order valence-electron chi connectivity index (χ3n) is 6.84. The SMILES string of the molecule is C=C(C)c1cccc(C(C)(C)NC(=O)OCCCCCCCCCC[n+]2ccccc2CCCC)c1. The highest BCUT2D eigenvalue weighted by Gasteiger charge is 2.23. The zero-order chi connectivity index (χ0) is 26.2. The van der Waals surface area contributed by atoms with Crippen molar-refractivity contribution < 1.29 is 14.1 Å². The molecule has 0 atom stereocenters. The highest BCUT2D eigenvalue weighted by Crippen LogP contribution is 2.23. The molecule has 0 unspecified atom stereocenters. The van der Waals surface area contributed by atoms with Crippen LogP contribution in [-0.4, -0.2) is 12.7 Å². The Morgan fingerprint density at radius 3 is 2.33 bits per heavy atom. The molecule has 0 aliphatic heterocycles. The molecule has 36 heavy (non-hydrogen) atoms. The van der Waals surface area contributed by atoms with Crippen molar-refractivity contribution in [3.8, 4) is 0 Å². The highest BCUT2D eigenvalue weighted by atomic mass is 16.5. The second-order valence-electron chi connectivity index (χ2n) is 10.6. The third kappa shape index (κ3) is 11.0. The van der Waals surface area contributed by atoms with Crippen LogP contribution >= 0.6 is 0 Å². The number of unbranched alkanes of at least 4 members (excludes halogenated alkanes) is 8. The minimum absolute atomic E-state index is 0.352. The quantitative estimate of drug-likeness (QED) is 0.178. The Balaban J connectivity index is 1.51. The van der Waals surface area contributed by atoms with E-state index in [1.807, 2.05) is 39.0 Å². The maximum Gasteiger partial charge on any atom is 0.407 e. The van der Waals surface area contributed by atoms with Gasteiger partial charge in [-0.1, -0.05) is 81.9 Å². The van der Waals surface area contributed by atoms with Gasteiger partial charge in [0.1, 0.15) is 6.54 Å². The van der Waals surface area contributed by atoms with E-state index in [2.05, 4.69) is 53.8 Å². The van der Waals surface area contributed by atoms with E-state index in [0.717, 1.165) is 36.1 Å². The first-order chi connectivity index (χ1) is 17.3. The Hall–Kier alpha value is -2.62. The first-order valence-corrected chi connectivity index (χ1v) is 14.0. The Morgan fingerprint density at radius 2 is 1.64 bits per heavy atom. The summed E-state index contributed by atoms with van der Waals surface area (Å²) >= 11 is 0. The summed E-state index contributed by atoms with van der Waals surface area (Å²) in [5.74, 6) is 0. The van der Waals surface area contributed by atoms with Crippen LogP contribution in [0, 0.1) is 0 Å². The summed E-state index contributed by atoms with van der Waals surface area (Å²) in [4.78, 5) is 12.3. The average Bonchev–Trinajstić information content (AvgIpc) is 2.86. The maximum atomic E-state index is 12.3. The summed E-state index contributed by atoms with van der Waals surface area (Å²) in [6.07, 6.45) is 15.2. The molecule has 4 heteroatoms. The van der Waals surface area contributed by atoms with Gasteiger partial charge in [0.05, 0.1) is 12.1 Å². The summed E-state index contributed by atoms with van der Waals surface area (Å²) in [5, 5.41) is 3.00. The van der Waals surface area contributed by atoms with E-state index >= 15 is 0 Å². The van der Waals surface area contributed by atoms with Crippen molar-refractivity contribution in [1.82, 2.24) is 5.32 Å². The Bertz CT molecular complexity index is 935. The second kappa shape index (κ2) is 16.2. The van der Waals surface area contributed by atoms with Gasteiger partial charge in [-0.25, -0.2) is 9.36 Å². The summed E-state index contributed by atoms with van der Waals surface area (Å²) in [6, 6.07) is 14.7. The number of amides is 1. The maximum absolute atomic E-state index is 12.3. The molecule has 1 aromatic heterocycles. The Morgan fingerprint density at radius 1 is 0.944 bits per heavy atom. The molecule has 2 aromatic rings. The Labute approximate surface area is 220 Å². The van der Waals surface area contributed by atoms with Crippen LogP contribution in [0.2, 0.25) is 0 Å². The number of benzene rings is 1. The van der Waals surface area contributed by atoms with E-state index in [1.165, 1.54) is 63.5 Å². The van der Waals surface area contributed by atoms with Gasteiger partial charge in [-0.05, 0) is 57.2 Å². The molecule has 1 heterocycles. The molecule has 198 valence electrons. The minimum Gasteiger partial charge on any atom is -0.450 e. The second-order valence-corrected chi connectivity index (χ2v) is 10.6. The number of hydrogen-bond acceptors (Lipinski definition) is 2. The first kappa shape index (κ1) is 29.6. The predicted molar refractivity (Wildman–Crippen MR) is 151 cm³/mol. The number of aromatic nitrogens is 1. The number of carbonyl (C=O) groups is 1. The van der Waals surface area contributed by atoms with Crippen LogP contribution < -0.4 is 9.88 Å². The molecule has 0 aliphatic rings. The number of ether oxygens (including phenoxy) is 1. The lowest BCUT2D eigenvalue weighted by molar-refractivity contribution is -0.704. The largest absolute Gasteiger partial charge is 0.450 e. The van der Waals surface area contributed by atoms with Crippen molar-refractivity contribution >= 4 is 11.7 Å². The third-order valence-corrected chi connectivity index (χ3v) is 6.84. The lowest BCUT2D eigenvalue weighted by atomic mass is 9.92. The predicted octanol–water partition coefficient (Wildman–Crippen LogP) is 8.13. The van der Waals surface area contributed by atoms with Crippen molar-refractivity contribution in [2.45, 2.75) is 110 Å². The van der Waals surface area contributed by atoms with Crippen LogP contribution in [0.3, 0.4) is 0 Å². The van der Waals surface area contributed by atoms with E-state index in [0.29, 0.717) is 6.61 Å². The number of carbonyl (C=O) groups excluding carboxylic acids is 1. The molecule has 0 fully saturated rings. The van der Waals surface area contributed by atoms with Crippen LogP contribution in [0.5, 0.6) is 0 Å². The number of nitrogens with zero attached hydrogens (tertiary/aromatic N) is 1. The van der Waals surface area contributed by atoms with Gasteiger partial charge in [-0.3, -0.25) is 0 Å². The zero-order valence-electron chi connectivity index (χ0n) is 23.3. The molecule has 0 bridgehead atoms. The van der Waals surface area contributed by atoms with Crippen molar-refractivity contribution in [3.05, 3.63) is 72.1 Å². The fraction of sp³-hybridized carbons (Fsp3) is 0.562. The number of aryl methyl sites for hydroxylation is 2. The number of nitrogens with one attached hydrogen (secondary N) is 1. The number of allylic oxidation sites excluding steroid dienone is 1. The smallest absolute Gasteiger partial charge is 0.407 e. The number of hydrogen-bond donors (Lipinski definition) is 1. The molecule has 4 nitrogen and oxygen atoms in total. The molecule has 0 spiro atoms. The van der Waals surface area contributed by atoms with Gasteiger partial charge in [0.15, 0.2) is 11.9 Å². The first-order valence-electron chi connectivity index (χ1n) is 14.0. The fourth-order valence-electron chi connectivity index (χ4n) is 4.46. The van der Waals surface area contributed by atoms with E-state index in [-0.39, 0.29) is 6.09 Å². The van der Waals surface area contributed by atoms with Gasteiger partial charge in [0.2, 0.25) is 0 Å². The molecule has 0 saturated carbocycles. The van der Waals surface area contributed by atoms with Crippen molar-refractivity contribution in [3.63, 3.8) is 0 Å². The van der Waals surface area contributed by atoms with E-state index < -0.39 is 5.54 Å². The van der Waals surface area contributed by atoms with Crippen LogP contribution in [0.4, 0.5) is 4.79 Å². The van der Waals surface area contributed by atoms with Crippen molar-refractivity contribution in [2.24, 2.45) is 0 Å². The summed E-state index contributed by atoms with van der Waals surface area (Å²) in [5.41, 5.74) is 4.11. The normalized spacial score (nSPS) is 11.3. The summed E-state index contributed by atoms with van der Waals surface area (Å²) in [7, 11) is 0. The lowest BCUT2D eigenvalue weighted by Gasteiger charge is -2.27. The highest BCUT2D eigenvalue weighted by molar-refractivity contribution is 5.69. The van der Waals surface area contributed by atoms with Crippen LogP contribution in [0.25, 0.3) is 5.57 Å². The Kier molecular flexibility index (Phi) is 13.3. The van der Waals surface area contributed by atoms with E-state index in [4.69, 9.17) is 4.74 Å². The van der Waals surface area contributed by atoms with Gasteiger partial charge < -0.3 is 10.1 Å². The molecule has 0 aliphatic carbocycles. The van der Waals surface area contributed by atoms with Gasteiger partial charge in [0.25, 0.3) is 0 Å². The topological polar surface area (TPSA) is 42.2 Å². The minimum atomic E-state index is -0.501. The zero-order valence-corrected chi connectivity index (χ0v) is 23.3. The van der Waals surface area contributed by atoms with Crippen LogP contribution in [0.1, 0.15) is 109 Å².